The molecule has 0 aromatic carbocycles. The molecule has 4 heteroatoms. The molecule has 2 N–H and O–H groups in total. The van der Waals surface area contributed by atoms with Gasteiger partial charge < -0.3 is 14.8 Å². The Morgan fingerprint density at radius 2 is 1.71 bits per heavy atom. The van der Waals surface area contributed by atoms with E-state index in [4.69, 9.17) is 4.65 Å². The van der Waals surface area contributed by atoms with Gasteiger partial charge in [-0.25, -0.2) is 0 Å². The normalized spacial score (nSPS) is 19.3. The predicted octanol–water partition coefficient (Wildman–Crippen LogP) is 1.59. The van der Waals surface area contributed by atoms with Gasteiger partial charge in [-0.15, -0.1) is 0 Å². The highest BCUT2D eigenvalue weighted by Gasteiger charge is 2.42. The monoisotopic (exact) mass is 200 g/mol. The van der Waals surface area contributed by atoms with Crippen LogP contribution in [0.4, 0.5) is 0 Å². The van der Waals surface area contributed by atoms with Crippen molar-refractivity contribution in [3.63, 3.8) is 0 Å². The Bertz CT molecular complexity index is 194. The van der Waals surface area contributed by atoms with Crippen LogP contribution in [-0.2, 0) is 4.65 Å². The fraction of sp³-hybridized carbons (Fsp3) is 1.00. The molecule has 0 aromatic heterocycles. The largest absolute Gasteiger partial charge is 0.457 e. The van der Waals surface area contributed by atoms with E-state index in [1.807, 2.05) is 0 Å². The standard InChI is InChI=1S/C10H21BO3/c1-9(2,12)10(3,4)14-11(13)8-6-5-7-8/h8,12-13H,5-7H2,1-4H3. The Labute approximate surface area is 86.6 Å². The van der Waals surface area contributed by atoms with E-state index >= 15 is 0 Å². The van der Waals surface area contributed by atoms with Crippen molar-refractivity contribution in [2.75, 3.05) is 0 Å². The number of hydrogen-bond donors (Lipinski definition) is 2. The van der Waals surface area contributed by atoms with Crippen LogP contribution in [0.15, 0.2) is 0 Å². The molecule has 82 valence electrons. The Morgan fingerprint density at radius 1 is 1.21 bits per heavy atom. The van der Waals surface area contributed by atoms with E-state index < -0.39 is 18.3 Å². The van der Waals surface area contributed by atoms with Gasteiger partial charge in [0.05, 0.1) is 11.2 Å². The molecule has 0 aliphatic heterocycles. The number of hydrogen-bond acceptors (Lipinski definition) is 3. The van der Waals surface area contributed by atoms with Gasteiger partial charge in [0.2, 0.25) is 0 Å². The Balaban J connectivity index is 2.49. The second kappa shape index (κ2) is 3.84. The molecule has 0 amide bonds. The van der Waals surface area contributed by atoms with Crippen molar-refractivity contribution >= 4 is 7.12 Å². The lowest BCUT2D eigenvalue weighted by atomic mass is 9.60. The smallest absolute Gasteiger partial charge is 0.427 e. The first kappa shape index (κ1) is 12.0. The SMILES string of the molecule is CC(C)(O)C(C)(C)OB(O)C1CCC1. The minimum Gasteiger partial charge on any atom is -0.427 e. The van der Waals surface area contributed by atoms with Crippen LogP contribution < -0.4 is 0 Å². The summed E-state index contributed by atoms with van der Waals surface area (Å²) in [4.78, 5) is 0. The van der Waals surface area contributed by atoms with Crippen LogP contribution in [-0.4, -0.2) is 28.5 Å². The van der Waals surface area contributed by atoms with Crippen molar-refractivity contribution in [1.82, 2.24) is 0 Å². The molecule has 0 bridgehead atoms. The molecule has 0 spiro atoms. The van der Waals surface area contributed by atoms with Gasteiger partial charge in [0.1, 0.15) is 0 Å². The van der Waals surface area contributed by atoms with Crippen LogP contribution >= 0.6 is 0 Å². The van der Waals surface area contributed by atoms with Gasteiger partial charge in [-0.05, 0) is 33.5 Å². The van der Waals surface area contributed by atoms with Crippen molar-refractivity contribution in [2.24, 2.45) is 0 Å². The molecule has 14 heavy (non-hydrogen) atoms. The van der Waals surface area contributed by atoms with Crippen LogP contribution in [0.5, 0.6) is 0 Å². The molecule has 0 heterocycles. The summed E-state index contributed by atoms with van der Waals surface area (Å²) >= 11 is 0. The summed E-state index contributed by atoms with van der Waals surface area (Å²) in [6.45, 7) is 6.99. The van der Waals surface area contributed by atoms with Gasteiger partial charge in [-0.2, -0.15) is 0 Å². The summed E-state index contributed by atoms with van der Waals surface area (Å²) in [5.41, 5.74) is -1.67. The molecule has 1 aliphatic rings. The van der Waals surface area contributed by atoms with Crippen LogP contribution in [0, 0.1) is 0 Å². The molecule has 1 saturated carbocycles. The summed E-state index contributed by atoms with van der Waals surface area (Å²) in [6.07, 6.45) is 3.24. The fourth-order valence-corrected chi connectivity index (χ4v) is 1.27. The Morgan fingerprint density at radius 3 is 2.00 bits per heavy atom. The van der Waals surface area contributed by atoms with Crippen molar-refractivity contribution in [3.8, 4) is 0 Å². The molecule has 0 unspecified atom stereocenters. The lowest BCUT2D eigenvalue weighted by molar-refractivity contribution is -0.102. The fourth-order valence-electron chi connectivity index (χ4n) is 1.27. The highest BCUT2D eigenvalue weighted by atomic mass is 16.5. The first-order valence-electron chi connectivity index (χ1n) is 5.32. The minimum atomic E-state index is -0.947. The lowest BCUT2D eigenvalue weighted by Crippen LogP contribution is -2.51. The molecule has 0 atom stereocenters. The molecule has 1 aliphatic carbocycles. The number of rotatable bonds is 4. The van der Waals surface area contributed by atoms with Gasteiger partial charge in [0, 0.05) is 0 Å². The topological polar surface area (TPSA) is 49.7 Å². The second-order valence-electron chi connectivity index (χ2n) is 5.27. The molecular formula is C10H21BO3. The van der Waals surface area contributed by atoms with Gasteiger partial charge in [-0.1, -0.05) is 19.3 Å². The van der Waals surface area contributed by atoms with E-state index in [1.54, 1.807) is 27.7 Å². The zero-order valence-corrected chi connectivity index (χ0v) is 9.58. The van der Waals surface area contributed by atoms with E-state index in [0.29, 0.717) is 0 Å². The highest BCUT2D eigenvalue weighted by molar-refractivity contribution is 6.45. The first-order valence-corrected chi connectivity index (χ1v) is 5.32. The molecule has 1 fully saturated rings. The summed E-state index contributed by atoms with van der Waals surface area (Å²) in [5, 5.41) is 19.6. The zero-order chi connectivity index (χ0) is 11.0. The zero-order valence-electron chi connectivity index (χ0n) is 9.58. The van der Waals surface area contributed by atoms with Crippen LogP contribution in [0.25, 0.3) is 0 Å². The number of aliphatic hydroxyl groups is 1. The van der Waals surface area contributed by atoms with E-state index in [2.05, 4.69) is 0 Å². The molecule has 0 aromatic rings. The van der Waals surface area contributed by atoms with E-state index in [0.717, 1.165) is 12.8 Å². The molecule has 0 radical (unpaired) electrons. The van der Waals surface area contributed by atoms with E-state index in [9.17, 15) is 10.1 Å². The van der Waals surface area contributed by atoms with Crippen molar-refractivity contribution < 1.29 is 14.8 Å². The van der Waals surface area contributed by atoms with Crippen molar-refractivity contribution in [1.29, 1.82) is 0 Å². The molecule has 1 rings (SSSR count). The average Bonchev–Trinajstić information content (AvgIpc) is 1.76. The highest BCUT2D eigenvalue weighted by Crippen LogP contribution is 2.37. The molecule has 0 saturated heterocycles. The van der Waals surface area contributed by atoms with Crippen molar-refractivity contribution in [2.45, 2.75) is 64.0 Å². The second-order valence-corrected chi connectivity index (χ2v) is 5.27. The van der Waals surface area contributed by atoms with Gasteiger partial charge in [0.25, 0.3) is 0 Å². The first-order chi connectivity index (χ1) is 6.24. The Hall–Kier alpha value is -0.0551. The lowest BCUT2D eigenvalue weighted by Gasteiger charge is -2.40. The third-order valence-corrected chi connectivity index (χ3v) is 3.44. The third-order valence-electron chi connectivity index (χ3n) is 3.44. The maximum atomic E-state index is 9.83. The maximum Gasteiger partial charge on any atom is 0.457 e. The summed E-state index contributed by atoms with van der Waals surface area (Å²) in [6, 6.07) is 0. The molecular weight excluding hydrogens is 179 g/mol. The quantitative estimate of drug-likeness (QED) is 0.677. The minimum absolute atomic E-state index is 0.261. The predicted molar refractivity (Wildman–Crippen MR) is 57.0 cm³/mol. The van der Waals surface area contributed by atoms with Gasteiger partial charge in [0.15, 0.2) is 0 Å². The summed E-state index contributed by atoms with van der Waals surface area (Å²) in [7, 11) is -0.731. The third kappa shape index (κ3) is 2.50. The van der Waals surface area contributed by atoms with Crippen LogP contribution in [0.2, 0.25) is 5.82 Å². The van der Waals surface area contributed by atoms with E-state index in [1.165, 1.54) is 6.42 Å². The van der Waals surface area contributed by atoms with Gasteiger partial charge in [-0.3, -0.25) is 0 Å². The average molecular weight is 200 g/mol. The summed E-state index contributed by atoms with van der Waals surface area (Å²) in [5.74, 6) is 0.261. The Kier molecular flexibility index (Phi) is 3.29. The van der Waals surface area contributed by atoms with Crippen LogP contribution in [0.3, 0.4) is 0 Å². The van der Waals surface area contributed by atoms with Crippen LogP contribution in [0.1, 0.15) is 47.0 Å². The summed E-state index contributed by atoms with van der Waals surface area (Å²) < 4.78 is 5.51. The molecule has 3 nitrogen and oxygen atoms in total. The van der Waals surface area contributed by atoms with Crippen molar-refractivity contribution in [3.05, 3.63) is 0 Å². The van der Waals surface area contributed by atoms with E-state index in [-0.39, 0.29) is 5.82 Å². The maximum absolute atomic E-state index is 9.83. The van der Waals surface area contributed by atoms with Gasteiger partial charge >= 0.3 is 7.12 Å².